The maximum Gasteiger partial charge on any atom is 0.275 e. The number of halogens is 1. The Morgan fingerprint density at radius 1 is 1.30 bits per heavy atom. The second-order valence-corrected chi connectivity index (χ2v) is 4.84. The molecule has 0 saturated heterocycles. The molecule has 1 aromatic carbocycles. The lowest BCUT2D eigenvalue weighted by molar-refractivity contribution is -0.385. The van der Waals surface area contributed by atoms with Gasteiger partial charge in [-0.05, 0) is 31.2 Å². The molecule has 0 bridgehead atoms. The normalized spacial score (nSPS) is 10.5. The van der Waals surface area contributed by atoms with Gasteiger partial charge in [0.2, 0.25) is 0 Å². The highest BCUT2D eigenvalue weighted by molar-refractivity contribution is 6.30. The van der Waals surface area contributed by atoms with Crippen molar-refractivity contribution < 1.29 is 4.92 Å². The Hall–Kier alpha value is -1.98. The number of rotatable bonds is 5. The predicted molar refractivity (Wildman–Crippen MR) is 77.6 cm³/mol. The SMILES string of the molecule is Cc1cccc(CNCc2ccc(Cl)cc2[N+](=O)[O-])n1. The summed E-state index contributed by atoms with van der Waals surface area (Å²) in [5, 5.41) is 14.5. The number of hydrogen-bond donors (Lipinski definition) is 1. The first-order chi connectivity index (χ1) is 9.56. The van der Waals surface area contributed by atoms with Gasteiger partial charge in [-0.15, -0.1) is 0 Å². The van der Waals surface area contributed by atoms with Crippen LogP contribution in [0.4, 0.5) is 5.69 Å². The lowest BCUT2D eigenvalue weighted by Crippen LogP contribution is -2.14. The molecule has 0 atom stereocenters. The van der Waals surface area contributed by atoms with Crippen molar-refractivity contribution in [2.75, 3.05) is 0 Å². The Morgan fingerprint density at radius 3 is 2.80 bits per heavy atom. The second-order valence-electron chi connectivity index (χ2n) is 4.40. The van der Waals surface area contributed by atoms with E-state index in [4.69, 9.17) is 11.6 Å². The van der Waals surface area contributed by atoms with E-state index in [-0.39, 0.29) is 5.69 Å². The summed E-state index contributed by atoms with van der Waals surface area (Å²) >= 11 is 5.77. The van der Waals surface area contributed by atoms with Gasteiger partial charge in [0.15, 0.2) is 0 Å². The van der Waals surface area contributed by atoms with E-state index in [9.17, 15) is 10.1 Å². The van der Waals surface area contributed by atoms with Crippen molar-refractivity contribution in [1.82, 2.24) is 10.3 Å². The number of hydrogen-bond acceptors (Lipinski definition) is 4. The molecule has 0 aliphatic rings. The van der Waals surface area contributed by atoms with Gasteiger partial charge in [-0.1, -0.05) is 17.7 Å². The van der Waals surface area contributed by atoms with Crippen molar-refractivity contribution in [3.8, 4) is 0 Å². The molecule has 0 saturated carbocycles. The molecule has 20 heavy (non-hydrogen) atoms. The summed E-state index contributed by atoms with van der Waals surface area (Å²) in [6, 6.07) is 10.4. The van der Waals surface area contributed by atoms with Gasteiger partial charge in [-0.2, -0.15) is 0 Å². The van der Waals surface area contributed by atoms with E-state index in [1.165, 1.54) is 6.07 Å². The first-order valence-electron chi connectivity index (χ1n) is 6.12. The molecule has 1 aromatic heterocycles. The maximum atomic E-state index is 11.0. The van der Waals surface area contributed by atoms with Crippen molar-refractivity contribution in [2.45, 2.75) is 20.0 Å². The van der Waals surface area contributed by atoms with Crippen LogP contribution < -0.4 is 5.32 Å². The maximum absolute atomic E-state index is 11.0. The van der Waals surface area contributed by atoms with Crippen molar-refractivity contribution in [2.24, 2.45) is 0 Å². The number of aromatic nitrogens is 1. The average Bonchev–Trinajstić information content (AvgIpc) is 2.40. The minimum Gasteiger partial charge on any atom is -0.307 e. The summed E-state index contributed by atoms with van der Waals surface area (Å²) in [7, 11) is 0. The third kappa shape index (κ3) is 3.76. The molecule has 0 aliphatic heterocycles. The Balaban J connectivity index is 2.02. The molecule has 104 valence electrons. The summed E-state index contributed by atoms with van der Waals surface area (Å²) in [5.74, 6) is 0. The van der Waals surface area contributed by atoms with E-state index in [1.54, 1.807) is 12.1 Å². The number of benzene rings is 1. The van der Waals surface area contributed by atoms with Crippen molar-refractivity contribution >= 4 is 17.3 Å². The van der Waals surface area contributed by atoms with Gasteiger partial charge in [0.25, 0.3) is 5.69 Å². The molecule has 2 aromatic rings. The van der Waals surface area contributed by atoms with Crippen molar-refractivity contribution in [3.05, 3.63) is 68.5 Å². The molecule has 0 amide bonds. The van der Waals surface area contributed by atoms with Gasteiger partial charge in [0, 0.05) is 35.4 Å². The molecule has 0 aliphatic carbocycles. The van der Waals surface area contributed by atoms with E-state index < -0.39 is 4.92 Å². The van der Waals surface area contributed by atoms with Gasteiger partial charge < -0.3 is 5.32 Å². The molecule has 6 heteroatoms. The van der Waals surface area contributed by atoms with Crippen LogP contribution in [0.2, 0.25) is 5.02 Å². The van der Waals surface area contributed by atoms with Crippen LogP contribution in [-0.2, 0) is 13.1 Å². The highest BCUT2D eigenvalue weighted by Crippen LogP contribution is 2.23. The molecule has 5 nitrogen and oxygen atoms in total. The van der Waals surface area contributed by atoms with Crippen molar-refractivity contribution in [1.29, 1.82) is 0 Å². The minimum absolute atomic E-state index is 0.0298. The summed E-state index contributed by atoms with van der Waals surface area (Å²) in [6.07, 6.45) is 0. The third-order valence-corrected chi connectivity index (χ3v) is 3.05. The molecule has 0 radical (unpaired) electrons. The fourth-order valence-corrected chi connectivity index (χ4v) is 2.05. The smallest absolute Gasteiger partial charge is 0.275 e. The lowest BCUT2D eigenvalue weighted by Gasteiger charge is -2.06. The number of nitro benzene ring substituents is 1. The summed E-state index contributed by atoms with van der Waals surface area (Å²) in [5.41, 5.74) is 2.48. The van der Waals surface area contributed by atoms with E-state index in [0.29, 0.717) is 23.7 Å². The highest BCUT2D eigenvalue weighted by atomic mass is 35.5. The Kier molecular flexibility index (Phi) is 4.65. The molecular formula is C14H14ClN3O2. The molecular weight excluding hydrogens is 278 g/mol. The zero-order chi connectivity index (χ0) is 14.5. The highest BCUT2D eigenvalue weighted by Gasteiger charge is 2.13. The van der Waals surface area contributed by atoms with E-state index in [0.717, 1.165) is 11.4 Å². The predicted octanol–water partition coefficient (Wildman–Crippen LogP) is 3.24. The minimum atomic E-state index is -0.423. The number of nitro groups is 1. The monoisotopic (exact) mass is 291 g/mol. The quantitative estimate of drug-likeness (QED) is 0.678. The van der Waals surface area contributed by atoms with E-state index >= 15 is 0 Å². The molecule has 1 N–H and O–H groups in total. The molecule has 2 rings (SSSR count). The first-order valence-corrected chi connectivity index (χ1v) is 6.50. The standard InChI is InChI=1S/C14H14ClN3O2/c1-10-3-2-4-13(17-10)9-16-8-11-5-6-12(15)7-14(11)18(19)20/h2-7,16H,8-9H2,1H3. The van der Waals surface area contributed by atoms with Gasteiger partial charge in [-0.25, -0.2) is 0 Å². The van der Waals surface area contributed by atoms with Crippen LogP contribution in [0.15, 0.2) is 36.4 Å². The molecule has 0 spiro atoms. The largest absolute Gasteiger partial charge is 0.307 e. The van der Waals surface area contributed by atoms with E-state index in [2.05, 4.69) is 10.3 Å². The van der Waals surface area contributed by atoms with Crippen LogP contribution in [0.25, 0.3) is 0 Å². The Morgan fingerprint density at radius 2 is 2.10 bits per heavy atom. The van der Waals surface area contributed by atoms with Gasteiger partial charge >= 0.3 is 0 Å². The van der Waals surface area contributed by atoms with Crippen LogP contribution in [-0.4, -0.2) is 9.91 Å². The zero-order valence-electron chi connectivity index (χ0n) is 11.0. The van der Waals surface area contributed by atoms with Gasteiger partial charge in [-0.3, -0.25) is 15.1 Å². The summed E-state index contributed by atoms with van der Waals surface area (Å²) in [6.45, 7) is 2.87. The van der Waals surface area contributed by atoms with Crippen LogP contribution in [0, 0.1) is 17.0 Å². The number of aryl methyl sites for hydroxylation is 1. The first kappa shape index (κ1) is 14.4. The third-order valence-electron chi connectivity index (χ3n) is 2.81. The fourth-order valence-electron chi connectivity index (χ4n) is 1.88. The van der Waals surface area contributed by atoms with Crippen LogP contribution >= 0.6 is 11.6 Å². The molecule has 0 fully saturated rings. The van der Waals surface area contributed by atoms with Crippen molar-refractivity contribution in [3.63, 3.8) is 0 Å². The van der Waals surface area contributed by atoms with Gasteiger partial charge in [0.1, 0.15) is 0 Å². The van der Waals surface area contributed by atoms with Gasteiger partial charge in [0.05, 0.1) is 10.6 Å². The number of nitrogens with zero attached hydrogens (tertiary/aromatic N) is 2. The van der Waals surface area contributed by atoms with E-state index in [1.807, 2.05) is 25.1 Å². The van der Waals surface area contributed by atoms with Crippen LogP contribution in [0.3, 0.4) is 0 Å². The number of pyridine rings is 1. The lowest BCUT2D eigenvalue weighted by atomic mass is 10.2. The Labute approximate surface area is 121 Å². The van der Waals surface area contributed by atoms with Crippen LogP contribution in [0.5, 0.6) is 0 Å². The Bertz CT molecular complexity index is 632. The second kappa shape index (κ2) is 6.45. The number of nitrogens with one attached hydrogen (secondary N) is 1. The molecule has 1 heterocycles. The fraction of sp³-hybridized carbons (Fsp3) is 0.214. The average molecular weight is 292 g/mol. The zero-order valence-corrected chi connectivity index (χ0v) is 11.7. The summed E-state index contributed by atoms with van der Waals surface area (Å²) < 4.78 is 0. The topological polar surface area (TPSA) is 68.1 Å². The molecule has 0 unspecified atom stereocenters. The summed E-state index contributed by atoms with van der Waals surface area (Å²) in [4.78, 5) is 14.9. The van der Waals surface area contributed by atoms with Crippen LogP contribution in [0.1, 0.15) is 17.0 Å².